The first-order chi connectivity index (χ1) is 9.79. The van der Waals surface area contributed by atoms with Gasteiger partial charge >= 0.3 is 0 Å². The Bertz CT molecular complexity index is 638. The van der Waals surface area contributed by atoms with Gasteiger partial charge in [0.25, 0.3) is 6.23 Å². The molecule has 1 unspecified atom stereocenters. The summed E-state index contributed by atoms with van der Waals surface area (Å²) in [6, 6.07) is 5.20. The molecule has 1 heterocycles. The van der Waals surface area contributed by atoms with Crippen LogP contribution in [-0.2, 0) is 4.79 Å². The van der Waals surface area contributed by atoms with Crippen molar-refractivity contribution in [3.8, 4) is 5.75 Å². The highest BCUT2D eigenvalue weighted by molar-refractivity contribution is 9.10. The lowest BCUT2D eigenvalue weighted by atomic mass is 9.90. The molecule has 0 bridgehead atoms. The predicted octanol–water partition coefficient (Wildman–Crippen LogP) is 3.89. The molecule has 0 amide bonds. The van der Waals surface area contributed by atoms with Crippen LogP contribution in [0.2, 0.25) is 5.02 Å². The van der Waals surface area contributed by atoms with Crippen molar-refractivity contribution in [1.82, 2.24) is 14.8 Å². The minimum atomic E-state index is -0.911. The summed E-state index contributed by atoms with van der Waals surface area (Å²) in [4.78, 5) is 16.4. The normalized spacial score (nSPS) is 13.0. The number of hydrogen-bond donors (Lipinski definition) is 0. The van der Waals surface area contributed by atoms with E-state index < -0.39 is 11.6 Å². The Labute approximate surface area is 136 Å². The van der Waals surface area contributed by atoms with Crippen molar-refractivity contribution < 1.29 is 9.53 Å². The third kappa shape index (κ3) is 3.83. The molecule has 0 fully saturated rings. The van der Waals surface area contributed by atoms with Gasteiger partial charge in [-0.1, -0.05) is 48.3 Å². The molecule has 1 atom stereocenters. The first-order valence-corrected chi connectivity index (χ1v) is 7.46. The average Bonchev–Trinajstić information content (AvgIpc) is 2.90. The maximum Gasteiger partial charge on any atom is 0.252 e. The Morgan fingerprint density at radius 3 is 2.67 bits per heavy atom. The Balaban J connectivity index is 2.35. The van der Waals surface area contributed by atoms with Gasteiger partial charge in [-0.15, -0.1) is 0 Å². The summed E-state index contributed by atoms with van der Waals surface area (Å²) in [7, 11) is 0. The molecule has 0 N–H and O–H groups in total. The van der Waals surface area contributed by atoms with Crippen LogP contribution < -0.4 is 4.74 Å². The maximum atomic E-state index is 12.6. The van der Waals surface area contributed by atoms with Crippen molar-refractivity contribution in [2.45, 2.75) is 27.0 Å². The van der Waals surface area contributed by atoms with Crippen molar-refractivity contribution in [2.24, 2.45) is 5.41 Å². The monoisotopic (exact) mass is 371 g/mol. The molecule has 2 aromatic rings. The SMILES string of the molecule is CC(C)(C)C(=O)C(Oc1ccc(Br)cc1Cl)n1cncn1. The predicted molar refractivity (Wildman–Crippen MR) is 83.3 cm³/mol. The molecule has 1 aromatic heterocycles. The molecule has 0 saturated heterocycles. The van der Waals surface area contributed by atoms with Crippen LogP contribution in [0.1, 0.15) is 27.0 Å². The number of carbonyl (C=O) groups excluding carboxylic acids is 1. The molecular weight excluding hydrogens is 358 g/mol. The van der Waals surface area contributed by atoms with Gasteiger partial charge in [-0.25, -0.2) is 9.67 Å². The highest BCUT2D eigenvalue weighted by atomic mass is 79.9. The lowest BCUT2D eigenvalue weighted by molar-refractivity contribution is -0.138. The number of hydrogen-bond acceptors (Lipinski definition) is 4. The minimum Gasteiger partial charge on any atom is -0.460 e. The van der Waals surface area contributed by atoms with Crippen molar-refractivity contribution in [1.29, 1.82) is 0 Å². The first-order valence-electron chi connectivity index (χ1n) is 6.29. The van der Waals surface area contributed by atoms with E-state index in [-0.39, 0.29) is 5.78 Å². The standard InChI is InChI=1S/C14H15BrClN3O2/c1-14(2,3)12(20)13(19-8-17-7-18-19)21-11-5-4-9(15)6-10(11)16/h4-8,13H,1-3H3. The molecule has 112 valence electrons. The number of halogens is 2. The van der Waals surface area contributed by atoms with Crippen LogP contribution in [0.3, 0.4) is 0 Å². The van der Waals surface area contributed by atoms with Crippen LogP contribution in [0.5, 0.6) is 5.75 Å². The number of ketones is 1. The van der Waals surface area contributed by atoms with E-state index in [0.29, 0.717) is 10.8 Å². The van der Waals surface area contributed by atoms with E-state index >= 15 is 0 Å². The van der Waals surface area contributed by atoms with E-state index in [1.807, 2.05) is 20.8 Å². The van der Waals surface area contributed by atoms with Crippen LogP contribution >= 0.6 is 27.5 Å². The smallest absolute Gasteiger partial charge is 0.252 e. The number of Topliss-reactive ketones (excluding diaryl/α,β-unsaturated/α-hetero) is 1. The van der Waals surface area contributed by atoms with E-state index in [9.17, 15) is 4.79 Å². The second-order valence-corrected chi connectivity index (χ2v) is 6.86. The lowest BCUT2D eigenvalue weighted by Gasteiger charge is -2.25. The van der Waals surface area contributed by atoms with Gasteiger partial charge in [-0.2, -0.15) is 5.10 Å². The molecule has 21 heavy (non-hydrogen) atoms. The summed E-state index contributed by atoms with van der Waals surface area (Å²) >= 11 is 9.47. The van der Waals surface area contributed by atoms with Gasteiger partial charge in [0.1, 0.15) is 18.4 Å². The molecule has 0 radical (unpaired) electrons. The zero-order valence-electron chi connectivity index (χ0n) is 11.9. The van der Waals surface area contributed by atoms with Gasteiger partial charge in [0.2, 0.25) is 5.78 Å². The van der Waals surface area contributed by atoms with Crippen molar-refractivity contribution in [3.05, 3.63) is 40.3 Å². The number of carbonyl (C=O) groups is 1. The number of aromatic nitrogens is 3. The van der Waals surface area contributed by atoms with Crippen LogP contribution in [0.4, 0.5) is 0 Å². The zero-order valence-corrected chi connectivity index (χ0v) is 14.2. The van der Waals surface area contributed by atoms with Gasteiger partial charge < -0.3 is 4.74 Å². The summed E-state index contributed by atoms with van der Waals surface area (Å²) in [6.07, 6.45) is 1.89. The molecule has 1 aromatic carbocycles. The third-order valence-electron chi connectivity index (χ3n) is 2.77. The van der Waals surface area contributed by atoms with E-state index in [1.54, 1.807) is 18.2 Å². The van der Waals surface area contributed by atoms with Gasteiger partial charge in [-0.05, 0) is 18.2 Å². The summed E-state index contributed by atoms with van der Waals surface area (Å²) < 4.78 is 8.00. The van der Waals surface area contributed by atoms with Crippen LogP contribution in [0.15, 0.2) is 35.3 Å². The molecule has 0 aliphatic heterocycles. The maximum absolute atomic E-state index is 12.6. The highest BCUT2D eigenvalue weighted by Gasteiger charge is 2.33. The van der Waals surface area contributed by atoms with Gasteiger partial charge in [-0.3, -0.25) is 4.79 Å². The molecule has 2 rings (SSSR count). The largest absolute Gasteiger partial charge is 0.460 e. The topological polar surface area (TPSA) is 57.0 Å². The van der Waals surface area contributed by atoms with Crippen LogP contribution in [-0.4, -0.2) is 20.5 Å². The minimum absolute atomic E-state index is 0.119. The number of rotatable bonds is 4. The fourth-order valence-corrected chi connectivity index (χ4v) is 2.35. The number of benzene rings is 1. The summed E-state index contributed by atoms with van der Waals surface area (Å²) in [5.41, 5.74) is -0.585. The van der Waals surface area contributed by atoms with E-state index in [0.717, 1.165) is 4.47 Å². The Morgan fingerprint density at radius 2 is 2.14 bits per heavy atom. The number of ether oxygens (including phenoxy) is 1. The summed E-state index contributed by atoms with van der Waals surface area (Å²) in [5.74, 6) is 0.296. The van der Waals surface area contributed by atoms with Crippen molar-refractivity contribution in [3.63, 3.8) is 0 Å². The van der Waals surface area contributed by atoms with Crippen LogP contribution in [0, 0.1) is 5.41 Å². The van der Waals surface area contributed by atoms with E-state index in [1.165, 1.54) is 17.3 Å². The molecule has 5 nitrogen and oxygen atoms in total. The molecular formula is C14H15BrClN3O2. The highest BCUT2D eigenvalue weighted by Crippen LogP contribution is 2.32. The van der Waals surface area contributed by atoms with E-state index in [4.69, 9.17) is 16.3 Å². The fraction of sp³-hybridized carbons (Fsp3) is 0.357. The van der Waals surface area contributed by atoms with Gasteiger partial charge in [0.15, 0.2) is 0 Å². The lowest BCUT2D eigenvalue weighted by Crippen LogP contribution is -2.34. The fourth-order valence-electron chi connectivity index (χ4n) is 1.63. The van der Waals surface area contributed by atoms with Crippen molar-refractivity contribution in [2.75, 3.05) is 0 Å². The van der Waals surface area contributed by atoms with Crippen molar-refractivity contribution >= 4 is 33.3 Å². The molecule has 7 heteroatoms. The number of nitrogens with zero attached hydrogens (tertiary/aromatic N) is 3. The summed E-state index contributed by atoms with van der Waals surface area (Å²) in [6.45, 7) is 5.48. The Morgan fingerprint density at radius 1 is 1.43 bits per heavy atom. The second kappa shape index (κ2) is 6.15. The van der Waals surface area contributed by atoms with E-state index in [2.05, 4.69) is 26.0 Å². The average molecular weight is 373 g/mol. The molecule has 0 saturated carbocycles. The third-order valence-corrected chi connectivity index (χ3v) is 3.56. The van der Waals surface area contributed by atoms with Gasteiger partial charge in [0.05, 0.1) is 5.02 Å². The Kier molecular flexibility index (Phi) is 4.68. The van der Waals surface area contributed by atoms with Crippen LogP contribution in [0.25, 0.3) is 0 Å². The first kappa shape index (κ1) is 16.0. The zero-order chi connectivity index (χ0) is 15.6. The quantitative estimate of drug-likeness (QED) is 0.817. The molecule has 0 aliphatic carbocycles. The Hall–Kier alpha value is -1.40. The molecule has 0 spiro atoms. The molecule has 0 aliphatic rings. The second-order valence-electron chi connectivity index (χ2n) is 5.53. The summed E-state index contributed by atoms with van der Waals surface area (Å²) in [5, 5.41) is 4.42. The van der Waals surface area contributed by atoms with Gasteiger partial charge in [0, 0.05) is 9.89 Å².